The van der Waals surface area contributed by atoms with Crippen LogP contribution in [0.4, 0.5) is 0 Å². The quantitative estimate of drug-likeness (QED) is 0.436. The Balaban J connectivity index is 1.98. The van der Waals surface area contributed by atoms with Crippen molar-refractivity contribution in [3.8, 4) is 0 Å². The predicted molar refractivity (Wildman–Crippen MR) is 48.5 cm³/mol. The molecule has 2 atom stereocenters. The molecule has 1 N–H and O–H groups in total. The summed E-state index contributed by atoms with van der Waals surface area (Å²) in [6.45, 7) is 0. The first kappa shape index (κ1) is 8.09. The lowest BCUT2D eigenvalue weighted by Crippen LogP contribution is -2.27. The summed E-state index contributed by atoms with van der Waals surface area (Å²) < 4.78 is 0. The fourth-order valence-corrected chi connectivity index (χ4v) is 2.78. The fraction of sp³-hybridized carbons (Fsp3) is 0.900. The van der Waals surface area contributed by atoms with Crippen molar-refractivity contribution in [2.24, 2.45) is 17.0 Å². The summed E-state index contributed by atoms with van der Waals surface area (Å²) in [6, 6.07) is 0. The van der Waals surface area contributed by atoms with Crippen molar-refractivity contribution in [1.29, 1.82) is 0 Å². The van der Waals surface area contributed by atoms with Gasteiger partial charge in [-0.25, -0.2) is 0 Å². The maximum absolute atomic E-state index is 8.67. The first-order valence-electron chi connectivity index (χ1n) is 5.10. The van der Waals surface area contributed by atoms with Gasteiger partial charge in [-0.05, 0) is 37.5 Å². The molecule has 0 bridgehead atoms. The molecule has 0 aromatic carbocycles. The zero-order valence-corrected chi connectivity index (χ0v) is 7.50. The third-order valence-electron chi connectivity index (χ3n) is 3.51. The second kappa shape index (κ2) is 3.46. The minimum atomic E-state index is 0.846. The normalized spacial score (nSPS) is 39.5. The van der Waals surface area contributed by atoms with Crippen LogP contribution < -0.4 is 0 Å². The highest BCUT2D eigenvalue weighted by Crippen LogP contribution is 2.39. The van der Waals surface area contributed by atoms with Crippen molar-refractivity contribution in [2.45, 2.75) is 44.9 Å². The van der Waals surface area contributed by atoms with Gasteiger partial charge in [-0.1, -0.05) is 24.4 Å². The highest BCUT2D eigenvalue weighted by atomic mass is 16.4. The van der Waals surface area contributed by atoms with Crippen molar-refractivity contribution in [2.75, 3.05) is 0 Å². The Labute approximate surface area is 73.7 Å². The summed E-state index contributed by atoms with van der Waals surface area (Å²) in [7, 11) is 0. The van der Waals surface area contributed by atoms with Gasteiger partial charge in [0.25, 0.3) is 0 Å². The highest BCUT2D eigenvalue weighted by molar-refractivity contribution is 5.84. The predicted octanol–water partition coefficient (Wildman–Crippen LogP) is 2.81. The molecule has 0 amide bonds. The van der Waals surface area contributed by atoms with E-state index in [1.165, 1.54) is 32.1 Å². The molecular weight excluding hydrogens is 150 g/mol. The first-order chi connectivity index (χ1) is 5.90. The summed E-state index contributed by atoms with van der Waals surface area (Å²) in [6.07, 6.45) is 8.97. The van der Waals surface area contributed by atoms with E-state index in [4.69, 9.17) is 5.21 Å². The average molecular weight is 167 g/mol. The monoisotopic (exact) mass is 167 g/mol. The summed E-state index contributed by atoms with van der Waals surface area (Å²) in [4.78, 5) is 0. The molecule has 0 spiro atoms. The maximum Gasteiger partial charge on any atom is 0.0573 e. The lowest BCUT2D eigenvalue weighted by molar-refractivity contribution is 0.212. The van der Waals surface area contributed by atoms with Crippen molar-refractivity contribution in [3.05, 3.63) is 0 Å². The zero-order chi connectivity index (χ0) is 8.39. The van der Waals surface area contributed by atoms with Crippen LogP contribution in [0.1, 0.15) is 44.9 Å². The molecule has 2 heteroatoms. The topological polar surface area (TPSA) is 32.6 Å². The second-order valence-electron chi connectivity index (χ2n) is 4.21. The highest BCUT2D eigenvalue weighted by Gasteiger charge is 2.30. The van der Waals surface area contributed by atoms with Gasteiger partial charge in [0.15, 0.2) is 0 Å². The van der Waals surface area contributed by atoms with Gasteiger partial charge in [0, 0.05) is 0 Å². The van der Waals surface area contributed by atoms with Crippen molar-refractivity contribution in [3.63, 3.8) is 0 Å². The third-order valence-corrected chi connectivity index (χ3v) is 3.51. The maximum atomic E-state index is 8.67. The minimum Gasteiger partial charge on any atom is -0.411 e. The minimum absolute atomic E-state index is 0.846. The van der Waals surface area contributed by atoms with E-state index >= 15 is 0 Å². The van der Waals surface area contributed by atoms with Crippen LogP contribution in [-0.4, -0.2) is 10.9 Å². The van der Waals surface area contributed by atoms with Crippen LogP contribution in [0.3, 0.4) is 0 Å². The van der Waals surface area contributed by atoms with E-state index in [-0.39, 0.29) is 0 Å². The van der Waals surface area contributed by atoms with Gasteiger partial charge in [0.2, 0.25) is 0 Å². The molecular formula is C10H17NO. The van der Waals surface area contributed by atoms with Crippen LogP contribution in [-0.2, 0) is 0 Å². The molecule has 0 radical (unpaired) electrons. The van der Waals surface area contributed by atoms with Crippen LogP contribution in [0, 0.1) is 11.8 Å². The number of fused-ring (bicyclic) bond motifs is 1. The van der Waals surface area contributed by atoms with E-state index < -0.39 is 0 Å². The molecule has 68 valence electrons. The van der Waals surface area contributed by atoms with Crippen molar-refractivity contribution >= 4 is 5.71 Å². The van der Waals surface area contributed by atoms with E-state index in [1.54, 1.807) is 0 Å². The molecule has 2 nitrogen and oxygen atoms in total. The summed E-state index contributed by atoms with van der Waals surface area (Å²) in [5.74, 6) is 1.79. The van der Waals surface area contributed by atoms with Gasteiger partial charge in [0.1, 0.15) is 0 Å². The Hall–Kier alpha value is -0.530. The molecule has 2 fully saturated rings. The van der Waals surface area contributed by atoms with Gasteiger partial charge < -0.3 is 5.21 Å². The molecule has 2 saturated carbocycles. The zero-order valence-electron chi connectivity index (χ0n) is 7.50. The Morgan fingerprint density at radius 3 is 2.58 bits per heavy atom. The van der Waals surface area contributed by atoms with Crippen LogP contribution >= 0.6 is 0 Å². The van der Waals surface area contributed by atoms with Crippen LogP contribution in [0.5, 0.6) is 0 Å². The fourth-order valence-electron chi connectivity index (χ4n) is 2.78. The summed E-state index contributed by atoms with van der Waals surface area (Å²) in [5, 5.41) is 12.0. The lowest BCUT2D eigenvalue weighted by atomic mass is 9.70. The molecule has 2 rings (SSSR count). The second-order valence-corrected chi connectivity index (χ2v) is 4.21. The molecule has 0 heterocycles. The number of hydrogen-bond acceptors (Lipinski definition) is 2. The number of oxime groups is 1. The average Bonchev–Trinajstić information content (AvgIpc) is 2.17. The molecule has 12 heavy (non-hydrogen) atoms. The van der Waals surface area contributed by atoms with Crippen LogP contribution in [0.25, 0.3) is 0 Å². The SMILES string of the molecule is O/N=C1\CCC2CCCCC2C1. The first-order valence-corrected chi connectivity index (χ1v) is 5.10. The standard InChI is InChI=1S/C10H17NO/c12-11-10-6-5-8-3-1-2-4-9(8)7-10/h8-9,12H,1-7H2/b11-10+. The largest absolute Gasteiger partial charge is 0.411 e. The Morgan fingerprint density at radius 1 is 1.08 bits per heavy atom. The van der Waals surface area contributed by atoms with Gasteiger partial charge in [-0.2, -0.15) is 0 Å². The molecule has 0 aromatic heterocycles. The van der Waals surface area contributed by atoms with E-state index in [1.807, 2.05) is 0 Å². The van der Waals surface area contributed by atoms with E-state index in [9.17, 15) is 0 Å². The molecule has 2 unspecified atom stereocenters. The van der Waals surface area contributed by atoms with Crippen LogP contribution in [0.2, 0.25) is 0 Å². The number of nitrogens with zero attached hydrogens (tertiary/aromatic N) is 1. The summed E-state index contributed by atoms with van der Waals surface area (Å²) in [5.41, 5.74) is 1.04. The van der Waals surface area contributed by atoms with E-state index in [0.717, 1.165) is 30.4 Å². The molecule has 0 saturated heterocycles. The molecule has 0 aromatic rings. The van der Waals surface area contributed by atoms with Gasteiger partial charge in [-0.15, -0.1) is 0 Å². The molecule has 0 aliphatic heterocycles. The number of hydrogen-bond donors (Lipinski definition) is 1. The molecule has 2 aliphatic rings. The van der Waals surface area contributed by atoms with Crippen molar-refractivity contribution in [1.82, 2.24) is 0 Å². The van der Waals surface area contributed by atoms with Gasteiger partial charge >= 0.3 is 0 Å². The number of rotatable bonds is 0. The lowest BCUT2D eigenvalue weighted by Gasteiger charge is -2.35. The molecule has 2 aliphatic carbocycles. The van der Waals surface area contributed by atoms with Gasteiger partial charge in [-0.3, -0.25) is 0 Å². The smallest absolute Gasteiger partial charge is 0.0573 e. The van der Waals surface area contributed by atoms with E-state index in [0.29, 0.717) is 0 Å². The van der Waals surface area contributed by atoms with Crippen LogP contribution in [0.15, 0.2) is 5.16 Å². The van der Waals surface area contributed by atoms with Crippen molar-refractivity contribution < 1.29 is 5.21 Å². The van der Waals surface area contributed by atoms with E-state index in [2.05, 4.69) is 5.16 Å². The third kappa shape index (κ3) is 1.47. The summed E-state index contributed by atoms with van der Waals surface area (Å²) >= 11 is 0. The Morgan fingerprint density at radius 2 is 1.83 bits per heavy atom. The Bertz CT molecular complexity index is 188. The van der Waals surface area contributed by atoms with Gasteiger partial charge in [0.05, 0.1) is 5.71 Å². The Kier molecular flexibility index (Phi) is 2.33.